The zero-order chi connectivity index (χ0) is 22.4. The second kappa shape index (κ2) is 8.81. The molecule has 4 aliphatic rings. The summed E-state index contributed by atoms with van der Waals surface area (Å²) in [4.78, 5) is 0. The molecule has 0 aromatic rings. The van der Waals surface area contributed by atoms with E-state index in [0.717, 1.165) is 54.8 Å². The highest BCUT2D eigenvalue weighted by Gasteiger charge is 2.57. The molecule has 4 aliphatic carbocycles. The Hall–Kier alpha value is -0.300. The molecule has 0 amide bonds. The van der Waals surface area contributed by atoms with Gasteiger partial charge in [-0.1, -0.05) is 72.5 Å². The van der Waals surface area contributed by atoms with E-state index < -0.39 is 5.60 Å². The van der Waals surface area contributed by atoms with Crippen LogP contribution < -0.4 is 0 Å². The van der Waals surface area contributed by atoms with Gasteiger partial charge >= 0.3 is 0 Å². The maximum Gasteiger partial charge on any atom is 0.0682 e. The lowest BCUT2D eigenvalue weighted by Crippen LogP contribution is -2.48. The van der Waals surface area contributed by atoms with Crippen molar-refractivity contribution in [2.75, 3.05) is 0 Å². The molecule has 1 heteroatoms. The first-order valence-corrected chi connectivity index (χ1v) is 14.0. The van der Waals surface area contributed by atoms with Gasteiger partial charge in [0.05, 0.1) is 5.60 Å². The van der Waals surface area contributed by atoms with E-state index in [1.165, 1.54) is 64.2 Å². The van der Waals surface area contributed by atoms with Crippen LogP contribution in [0.4, 0.5) is 0 Å². The van der Waals surface area contributed by atoms with Gasteiger partial charge in [0, 0.05) is 0 Å². The van der Waals surface area contributed by atoms with E-state index in [2.05, 4.69) is 47.6 Å². The fourth-order valence-electron chi connectivity index (χ4n) is 8.96. The van der Waals surface area contributed by atoms with Crippen LogP contribution in [0.1, 0.15) is 125 Å². The minimum absolute atomic E-state index is 0.404. The van der Waals surface area contributed by atoms with E-state index >= 15 is 0 Å². The van der Waals surface area contributed by atoms with E-state index in [4.69, 9.17) is 0 Å². The van der Waals surface area contributed by atoms with Crippen molar-refractivity contribution in [2.45, 2.75) is 131 Å². The number of allylic oxidation sites excluding steroid dienone is 1. The Morgan fingerprint density at radius 1 is 1.06 bits per heavy atom. The summed E-state index contributed by atoms with van der Waals surface area (Å²) in [6.45, 7) is 14.6. The van der Waals surface area contributed by atoms with Crippen LogP contribution in [0.5, 0.6) is 0 Å². The second-order valence-corrected chi connectivity index (χ2v) is 13.9. The monoisotopic (exact) mass is 428 g/mol. The molecule has 0 aromatic heterocycles. The molecule has 4 rings (SSSR count). The highest BCUT2D eigenvalue weighted by atomic mass is 16.3. The van der Waals surface area contributed by atoms with Crippen LogP contribution in [0, 0.1) is 46.3 Å². The minimum Gasteiger partial charge on any atom is -0.390 e. The smallest absolute Gasteiger partial charge is 0.0682 e. The Bertz CT molecular complexity index is 656. The maximum atomic E-state index is 10.9. The van der Waals surface area contributed by atoms with Gasteiger partial charge < -0.3 is 5.11 Å². The summed E-state index contributed by atoms with van der Waals surface area (Å²) < 4.78 is 0. The van der Waals surface area contributed by atoms with Crippen LogP contribution in [0.15, 0.2) is 11.6 Å². The lowest BCUT2D eigenvalue weighted by atomic mass is 9.50. The van der Waals surface area contributed by atoms with Crippen LogP contribution in [0.25, 0.3) is 0 Å². The van der Waals surface area contributed by atoms with Crippen molar-refractivity contribution < 1.29 is 5.11 Å². The summed E-state index contributed by atoms with van der Waals surface area (Å²) in [5.74, 6) is 5.45. The van der Waals surface area contributed by atoms with Crippen molar-refractivity contribution in [1.82, 2.24) is 0 Å². The zero-order valence-corrected chi connectivity index (χ0v) is 21.7. The topological polar surface area (TPSA) is 20.2 Å². The van der Waals surface area contributed by atoms with Crippen molar-refractivity contribution in [3.63, 3.8) is 0 Å². The number of hydrogen-bond donors (Lipinski definition) is 1. The van der Waals surface area contributed by atoms with Gasteiger partial charge in [0.25, 0.3) is 0 Å². The predicted molar refractivity (Wildman–Crippen MR) is 133 cm³/mol. The molecule has 0 aliphatic heterocycles. The molecule has 8 atom stereocenters. The molecule has 0 radical (unpaired) electrons. The van der Waals surface area contributed by atoms with Gasteiger partial charge in [0.2, 0.25) is 0 Å². The Kier molecular flexibility index (Phi) is 6.78. The summed E-state index contributed by atoms with van der Waals surface area (Å²) >= 11 is 0. The highest BCUT2D eigenvalue weighted by molar-refractivity contribution is 5.22. The van der Waals surface area contributed by atoms with Crippen molar-refractivity contribution in [2.24, 2.45) is 46.3 Å². The number of rotatable bonds is 6. The lowest BCUT2D eigenvalue weighted by Gasteiger charge is -2.55. The molecule has 3 fully saturated rings. The van der Waals surface area contributed by atoms with E-state index in [-0.39, 0.29) is 0 Å². The summed E-state index contributed by atoms with van der Waals surface area (Å²) in [5.41, 5.74) is 2.32. The van der Waals surface area contributed by atoms with Crippen LogP contribution >= 0.6 is 0 Å². The van der Waals surface area contributed by atoms with Gasteiger partial charge in [-0.2, -0.15) is 0 Å². The van der Waals surface area contributed by atoms with Crippen LogP contribution in [0.3, 0.4) is 0 Å². The van der Waals surface area contributed by atoms with E-state index in [9.17, 15) is 5.11 Å². The first-order chi connectivity index (χ1) is 14.6. The molecule has 0 heterocycles. The molecule has 1 N–H and O–H groups in total. The van der Waals surface area contributed by atoms with Gasteiger partial charge in [0.15, 0.2) is 0 Å². The number of fused-ring (bicyclic) bond motifs is 5. The quantitative estimate of drug-likeness (QED) is 0.332. The van der Waals surface area contributed by atoms with Crippen LogP contribution in [-0.2, 0) is 0 Å². The highest BCUT2D eigenvalue weighted by Crippen LogP contribution is 2.65. The third-order valence-electron chi connectivity index (χ3n) is 10.8. The number of aliphatic hydroxyl groups is 1. The normalized spacial score (nSPS) is 43.6. The molecule has 0 bridgehead atoms. The Morgan fingerprint density at radius 2 is 1.84 bits per heavy atom. The molecule has 1 nitrogen and oxygen atoms in total. The Morgan fingerprint density at radius 3 is 2.55 bits per heavy atom. The fraction of sp³-hybridized carbons (Fsp3) is 0.933. The van der Waals surface area contributed by atoms with E-state index in [1.54, 1.807) is 5.57 Å². The average molecular weight is 429 g/mol. The first kappa shape index (κ1) is 23.8. The van der Waals surface area contributed by atoms with Crippen molar-refractivity contribution >= 4 is 0 Å². The molecular weight excluding hydrogens is 376 g/mol. The summed E-state index contributed by atoms with van der Waals surface area (Å²) in [6.07, 6.45) is 19.6. The molecule has 3 saturated carbocycles. The van der Waals surface area contributed by atoms with Crippen LogP contribution in [0.2, 0.25) is 0 Å². The average Bonchev–Trinajstić information content (AvgIpc) is 3.07. The molecule has 31 heavy (non-hydrogen) atoms. The zero-order valence-electron chi connectivity index (χ0n) is 21.7. The summed E-state index contributed by atoms with van der Waals surface area (Å²) in [6, 6.07) is 0. The lowest BCUT2D eigenvalue weighted by molar-refractivity contribution is -0.0460. The molecular formula is C30H52O. The fourth-order valence-corrected chi connectivity index (χ4v) is 8.96. The standard InChI is InChI=1S/C30H52O/c1-7-30(31)19-16-23-22(20-30)11-12-25-24(23)15-18-29(6)26(13-14-27(25)29)21(2)10-8-9-17-28(3,4)5/h11,21,23-27,31H,7-10,12-20H2,1-6H3/t21-,23+,24-,25-,26-,27+,29-,30+/m1/s1. The molecule has 0 aromatic carbocycles. The van der Waals surface area contributed by atoms with E-state index in [1.807, 2.05) is 0 Å². The summed E-state index contributed by atoms with van der Waals surface area (Å²) in [7, 11) is 0. The largest absolute Gasteiger partial charge is 0.390 e. The number of unbranched alkanes of at least 4 members (excludes halogenated alkanes) is 1. The van der Waals surface area contributed by atoms with Crippen molar-refractivity contribution in [3.8, 4) is 0 Å². The maximum absolute atomic E-state index is 10.9. The molecule has 0 saturated heterocycles. The SMILES string of the molecule is CC[C@]1(O)CC[C@H]2C(=CC[C@@H]3[C@@H]2CC[C@]2(C)[C@@H]([C@H](C)CCCCC(C)(C)C)CC[C@@H]32)C1. The molecule has 178 valence electrons. The van der Waals surface area contributed by atoms with Gasteiger partial charge in [-0.15, -0.1) is 0 Å². The first-order valence-electron chi connectivity index (χ1n) is 14.0. The van der Waals surface area contributed by atoms with Crippen molar-refractivity contribution in [1.29, 1.82) is 0 Å². The molecule has 0 spiro atoms. The second-order valence-electron chi connectivity index (χ2n) is 13.9. The number of hydrogen-bond acceptors (Lipinski definition) is 1. The van der Waals surface area contributed by atoms with Crippen LogP contribution in [-0.4, -0.2) is 10.7 Å². The van der Waals surface area contributed by atoms with Gasteiger partial charge in [-0.3, -0.25) is 0 Å². The van der Waals surface area contributed by atoms with Gasteiger partial charge in [-0.25, -0.2) is 0 Å². The van der Waals surface area contributed by atoms with Crippen molar-refractivity contribution in [3.05, 3.63) is 11.6 Å². The van der Waals surface area contributed by atoms with Gasteiger partial charge in [-0.05, 0) is 111 Å². The summed E-state index contributed by atoms with van der Waals surface area (Å²) in [5, 5.41) is 10.9. The Balaban J connectivity index is 1.40. The molecule has 0 unspecified atom stereocenters. The van der Waals surface area contributed by atoms with Gasteiger partial charge in [0.1, 0.15) is 0 Å². The third kappa shape index (κ3) is 4.69. The Labute approximate surface area is 193 Å². The minimum atomic E-state index is -0.404. The predicted octanol–water partition coefficient (Wildman–Crippen LogP) is 8.56. The van der Waals surface area contributed by atoms with E-state index in [0.29, 0.717) is 10.8 Å². The third-order valence-corrected chi connectivity index (χ3v) is 10.8.